The van der Waals surface area contributed by atoms with Crippen LogP contribution in [-0.2, 0) is 0 Å². The van der Waals surface area contributed by atoms with Crippen LogP contribution in [0.15, 0.2) is 0 Å². The number of rotatable bonds is 13. The van der Waals surface area contributed by atoms with E-state index in [1.165, 1.54) is 103 Å². The predicted octanol–water partition coefficient (Wildman–Crippen LogP) is 6.47. The molecule has 126 valence electrons. The molecular formula is C20H41N. The third-order valence-corrected chi connectivity index (χ3v) is 5.37. The van der Waals surface area contributed by atoms with E-state index in [1.807, 2.05) is 0 Å². The Balaban J connectivity index is 1.83. The summed E-state index contributed by atoms with van der Waals surface area (Å²) < 4.78 is 0. The maximum absolute atomic E-state index is 3.85. The van der Waals surface area contributed by atoms with Crippen molar-refractivity contribution in [3.05, 3.63) is 0 Å². The van der Waals surface area contributed by atoms with E-state index >= 15 is 0 Å². The minimum atomic E-state index is 0.835. The van der Waals surface area contributed by atoms with Gasteiger partial charge in [0.15, 0.2) is 0 Å². The lowest BCUT2D eigenvalue weighted by molar-refractivity contribution is 0.255. The molecule has 1 saturated carbocycles. The van der Waals surface area contributed by atoms with Crippen molar-refractivity contribution in [1.29, 1.82) is 0 Å². The Morgan fingerprint density at radius 1 is 0.714 bits per heavy atom. The van der Waals surface area contributed by atoms with Crippen molar-refractivity contribution in [2.45, 2.75) is 116 Å². The Bertz CT molecular complexity index is 214. The van der Waals surface area contributed by atoms with Gasteiger partial charge in [0.2, 0.25) is 0 Å². The van der Waals surface area contributed by atoms with Crippen LogP contribution >= 0.6 is 0 Å². The van der Waals surface area contributed by atoms with E-state index in [-0.39, 0.29) is 0 Å². The van der Waals surface area contributed by atoms with E-state index in [4.69, 9.17) is 0 Å². The van der Waals surface area contributed by atoms with Crippen LogP contribution in [0.25, 0.3) is 0 Å². The van der Waals surface area contributed by atoms with Gasteiger partial charge in [-0.1, -0.05) is 90.9 Å². The zero-order valence-corrected chi connectivity index (χ0v) is 15.0. The number of nitrogens with one attached hydrogen (secondary N) is 1. The molecule has 1 aliphatic carbocycles. The molecule has 0 aromatic heterocycles. The Labute approximate surface area is 134 Å². The molecule has 0 radical (unpaired) electrons. The maximum Gasteiger partial charge on any atom is 0.00952 e. The highest BCUT2D eigenvalue weighted by atomic mass is 14.9. The molecule has 1 N–H and O–H groups in total. The Kier molecular flexibility index (Phi) is 12.3. The van der Waals surface area contributed by atoms with Gasteiger partial charge < -0.3 is 5.32 Å². The van der Waals surface area contributed by atoms with Crippen LogP contribution < -0.4 is 5.32 Å². The third kappa shape index (κ3) is 9.55. The molecule has 0 spiro atoms. The van der Waals surface area contributed by atoms with E-state index in [2.05, 4.69) is 19.2 Å². The average Bonchev–Trinajstić information content (AvgIpc) is 2.53. The van der Waals surface area contributed by atoms with Gasteiger partial charge in [-0.15, -0.1) is 0 Å². The highest BCUT2D eigenvalue weighted by Gasteiger charge is 2.22. The second kappa shape index (κ2) is 13.6. The molecule has 0 bridgehead atoms. The Morgan fingerprint density at radius 2 is 1.29 bits per heavy atom. The Morgan fingerprint density at radius 3 is 1.90 bits per heavy atom. The number of hydrogen-bond acceptors (Lipinski definition) is 1. The predicted molar refractivity (Wildman–Crippen MR) is 95.9 cm³/mol. The molecule has 1 aliphatic rings. The van der Waals surface area contributed by atoms with Crippen molar-refractivity contribution in [2.24, 2.45) is 5.92 Å². The van der Waals surface area contributed by atoms with Gasteiger partial charge in [-0.25, -0.2) is 0 Å². The van der Waals surface area contributed by atoms with Gasteiger partial charge in [-0.05, 0) is 31.7 Å². The number of hydrogen-bond donors (Lipinski definition) is 1. The van der Waals surface area contributed by atoms with Gasteiger partial charge in [0.25, 0.3) is 0 Å². The van der Waals surface area contributed by atoms with Crippen LogP contribution in [0.4, 0.5) is 0 Å². The van der Waals surface area contributed by atoms with E-state index in [1.54, 1.807) is 0 Å². The van der Waals surface area contributed by atoms with E-state index < -0.39 is 0 Å². The highest BCUT2D eigenvalue weighted by molar-refractivity contribution is 4.79. The van der Waals surface area contributed by atoms with Crippen molar-refractivity contribution in [3.63, 3.8) is 0 Å². The molecule has 2 unspecified atom stereocenters. The summed E-state index contributed by atoms with van der Waals surface area (Å²) in [5.41, 5.74) is 0. The van der Waals surface area contributed by atoms with E-state index in [0.717, 1.165) is 12.0 Å². The van der Waals surface area contributed by atoms with Crippen LogP contribution in [0.1, 0.15) is 110 Å². The Hall–Kier alpha value is -0.0400. The molecule has 1 rings (SSSR count). The van der Waals surface area contributed by atoms with Crippen LogP contribution in [0.3, 0.4) is 0 Å². The average molecular weight is 296 g/mol. The fraction of sp³-hybridized carbons (Fsp3) is 1.00. The van der Waals surface area contributed by atoms with Gasteiger partial charge in [0, 0.05) is 6.04 Å². The minimum absolute atomic E-state index is 0.835. The first kappa shape index (κ1) is 19.0. The molecule has 0 saturated heterocycles. The van der Waals surface area contributed by atoms with Crippen molar-refractivity contribution < 1.29 is 0 Å². The van der Waals surface area contributed by atoms with E-state index in [0.29, 0.717) is 0 Å². The SMILES string of the molecule is CCCCCCCCCCCCNC1CCCCC1CC. The van der Waals surface area contributed by atoms with E-state index in [9.17, 15) is 0 Å². The third-order valence-electron chi connectivity index (χ3n) is 5.37. The molecule has 0 aromatic rings. The minimum Gasteiger partial charge on any atom is -0.314 e. The summed E-state index contributed by atoms with van der Waals surface area (Å²) in [4.78, 5) is 0. The second-order valence-electron chi connectivity index (χ2n) is 7.20. The van der Waals surface area contributed by atoms with Crippen LogP contribution in [0, 0.1) is 5.92 Å². The summed E-state index contributed by atoms with van der Waals surface area (Å²) >= 11 is 0. The van der Waals surface area contributed by atoms with Crippen molar-refractivity contribution >= 4 is 0 Å². The molecule has 2 atom stereocenters. The maximum atomic E-state index is 3.85. The molecule has 0 aliphatic heterocycles. The van der Waals surface area contributed by atoms with Crippen LogP contribution in [0.5, 0.6) is 0 Å². The zero-order valence-electron chi connectivity index (χ0n) is 15.0. The summed E-state index contributed by atoms with van der Waals surface area (Å²) in [7, 11) is 0. The first-order chi connectivity index (χ1) is 10.4. The topological polar surface area (TPSA) is 12.0 Å². The summed E-state index contributed by atoms with van der Waals surface area (Å²) in [6, 6.07) is 0.835. The lowest BCUT2D eigenvalue weighted by Crippen LogP contribution is -2.38. The van der Waals surface area contributed by atoms with Crippen molar-refractivity contribution in [3.8, 4) is 0 Å². The standard InChI is InChI=1S/C20H41N/c1-3-5-6-7-8-9-10-11-12-15-18-21-20-17-14-13-16-19(20)4-2/h19-21H,3-18H2,1-2H3. The molecule has 0 amide bonds. The molecule has 21 heavy (non-hydrogen) atoms. The van der Waals surface area contributed by atoms with Crippen LogP contribution in [0.2, 0.25) is 0 Å². The molecule has 1 heteroatoms. The summed E-state index contributed by atoms with van der Waals surface area (Å²) in [6.07, 6.45) is 21.6. The second-order valence-corrected chi connectivity index (χ2v) is 7.20. The van der Waals surface area contributed by atoms with Gasteiger partial charge in [-0.3, -0.25) is 0 Å². The molecule has 0 aromatic carbocycles. The van der Waals surface area contributed by atoms with Gasteiger partial charge in [0.05, 0.1) is 0 Å². The number of unbranched alkanes of at least 4 members (excludes halogenated alkanes) is 9. The van der Waals surface area contributed by atoms with Crippen molar-refractivity contribution in [1.82, 2.24) is 5.32 Å². The molecule has 0 heterocycles. The fourth-order valence-corrected chi connectivity index (χ4v) is 3.86. The lowest BCUT2D eigenvalue weighted by Gasteiger charge is -2.31. The monoisotopic (exact) mass is 295 g/mol. The van der Waals surface area contributed by atoms with Crippen molar-refractivity contribution in [2.75, 3.05) is 6.54 Å². The van der Waals surface area contributed by atoms with Gasteiger partial charge in [0.1, 0.15) is 0 Å². The van der Waals surface area contributed by atoms with Crippen LogP contribution in [-0.4, -0.2) is 12.6 Å². The normalized spacial score (nSPS) is 22.6. The lowest BCUT2D eigenvalue weighted by atomic mass is 9.83. The molecular weight excluding hydrogens is 254 g/mol. The highest BCUT2D eigenvalue weighted by Crippen LogP contribution is 2.26. The van der Waals surface area contributed by atoms with Gasteiger partial charge in [-0.2, -0.15) is 0 Å². The molecule has 1 fully saturated rings. The smallest absolute Gasteiger partial charge is 0.00952 e. The first-order valence-electron chi connectivity index (χ1n) is 10.1. The first-order valence-corrected chi connectivity index (χ1v) is 10.1. The zero-order chi connectivity index (χ0) is 15.2. The summed E-state index contributed by atoms with van der Waals surface area (Å²) in [5.74, 6) is 0.960. The largest absolute Gasteiger partial charge is 0.314 e. The summed E-state index contributed by atoms with van der Waals surface area (Å²) in [5, 5.41) is 3.85. The molecule has 1 nitrogen and oxygen atoms in total. The quantitative estimate of drug-likeness (QED) is 0.384. The fourth-order valence-electron chi connectivity index (χ4n) is 3.86. The summed E-state index contributed by atoms with van der Waals surface area (Å²) in [6.45, 7) is 5.92. The van der Waals surface area contributed by atoms with Gasteiger partial charge >= 0.3 is 0 Å².